The van der Waals surface area contributed by atoms with Crippen LogP contribution in [0.1, 0.15) is 36.9 Å². The van der Waals surface area contributed by atoms with Gasteiger partial charge in [-0.15, -0.1) is 21.5 Å². The number of rotatable bonds is 10. The van der Waals surface area contributed by atoms with Gasteiger partial charge in [0, 0.05) is 17.1 Å². The Kier molecular flexibility index (Phi) is 7.71. The lowest BCUT2D eigenvalue weighted by molar-refractivity contribution is -0.127. The third kappa shape index (κ3) is 6.02. The molecule has 0 aliphatic heterocycles. The fourth-order valence-electron chi connectivity index (χ4n) is 3.59. The maximum absolute atomic E-state index is 13.7. The van der Waals surface area contributed by atoms with E-state index in [1.165, 1.54) is 21.0 Å². The van der Waals surface area contributed by atoms with Gasteiger partial charge in [-0.25, -0.2) is 0 Å². The molecule has 4 rings (SSSR count). The smallest absolute Gasteiger partial charge is 0.251 e. The molecule has 182 valence electrons. The van der Waals surface area contributed by atoms with E-state index in [1.54, 1.807) is 6.07 Å². The third-order valence-corrected chi connectivity index (χ3v) is 6.26. The van der Waals surface area contributed by atoms with Crippen LogP contribution in [-0.4, -0.2) is 38.6 Å². The van der Waals surface area contributed by atoms with Crippen molar-refractivity contribution < 1.29 is 14.0 Å². The normalized spacial score (nSPS) is 12.0. The van der Waals surface area contributed by atoms with Crippen LogP contribution in [0.5, 0.6) is 0 Å². The van der Waals surface area contributed by atoms with E-state index in [4.69, 9.17) is 4.42 Å². The highest BCUT2D eigenvalue weighted by atomic mass is 32.1. The number of anilines is 1. The van der Waals surface area contributed by atoms with E-state index >= 15 is 0 Å². The van der Waals surface area contributed by atoms with Gasteiger partial charge in [-0.1, -0.05) is 38.1 Å². The highest BCUT2D eigenvalue weighted by Gasteiger charge is 2.34. The summed E-state index contributed by atoms with van der Waals surface area (Å²) in [6.07, 6.45) is 0.847. The fourth-order valence-corrected chi connectivity index (χ4v) is 4.40. The Morgan fingerprint density at radius 1 is 1.11 bits per heavy atom. The van der Waals surface area contributed by atoms with Gasteiger partial charge in [0.1, 0.15) is 18.3 Å². The summed E-state index contributed by atoms with van der Waals surface area (Å²) in [5.41, 5.74) is 0.608. The molecule has 0 radical (unpaired) electrons. The van der Waals surface area contributed by atoms with Crippen molar-refractivity contribution in [1.29, 1.82) is 0 Å². The molecular formula is C25H28N6O3S. The van der Waals surface area contributed by atoms with Crippen molar-refractivity contribution in [1.82, 2.24) is 25.5 Å². The standard InChI is InChI=1S/C25H28N6O3S/c1-17(2)13-14-26-25(33)23(21-10-7-15-35-21)31(19-8-5-4-6-9-19)22(32)16-30-28-24(27-29-30)20-12-11-18(3)34-20/h4-12,15,17,23H,13-14,16H2,1-3H3,(H,26,33)/t23-/m1/s1. The van der Waals surface area contributed by atoms with Gasteiger partial charge >= 0.3 is 0 Å². The van der Waals surface area contributed by atoms with Gasteiger partial charge in [0.15, 0.2) is 5.76 Å². The van der Waals surface area contributed by atoms with Crippen LogP contribution in [0.3, 0.4) is 0 Å². The van der Waals surface area contributed by atoms with Crippen molar-refractivity contribution in [3.8, 4) is 11.6 Å². The van der Waals surface area contributed by atoms with Gasteiger partial charge in [-0.2, -0.15) is 4.80 Å². The van der Waals surface area contributed by atoms with E-state index in [1.807, 2.05) is 60.8 Å². The molecule has 2 amide bonds. The highest BCUT2D eigenvalue weighted by Crippen LogP contribution is 2.31. The first-order valence-corrected chi connectivity index (χ1v) is 12.3. The Morgan fingerprint density at radius 3 is 2.57 bits per heavy atom. The molecule has 0 bridgehead atoms. The first-order chi connectivity index (χ1) is 16.9. The Balaban J connectivity index is 1.63. The zero-order valence-electron chi connectivity index (χ0n) is 19.9. The molecule has 0 aliphatic carbocycles. The number of aromatic nitrogens is 4. The van der Waals surface area contributed by atoms with Crippen molar-refractivity contribution in [2.45, 2.75) is 39.8 Å². The number of nitrogens with zero attached hydrogens (tertiary/aromatic N) is 5. The molecule has 10 heteroatoms. The van der Waals surface area contributed by atoms with Crippen LogP contribution in [0.25, 0.3) is 11.6 Å². The van der Waals surface area contributed by atoms with Crippen LogP contribution >= 0.6 is 11.3 Å². The van der Waals surface area contributed by atoms with Crippen LogP contribution in [0.15, 0.2) is 64.4 Å². The second-order valence-corrected chi connectivity index (χ2v) is 9.52. The molecule has 1 atom stereocenters. The summed E-state index contributed by atoms with van der Waals surface area (Å²) in [5, 5.41) is 17.2. The Hall–Kier alpha value is -3.79. The second kappa shape index (κ2) is 11.1. The molecule has 3 aromatic heterocycles. The van der Waals surface area contributed by atoms with Crippen LogP contribution < -0.4 is 10.2 Å². The molecule has 1 N–H and O–H groups in total. The van der Waals surface area contributed by atoms with E-state index in [-0.39, 0.29) is 18.4 Å². The van der Waals surface area contributed by atoms with Crippen molar-refractivity contribution >= 4 is 28.8 Å². The Bertz CT molecular complexity index is 1250. The number of thiophene rings is 1. The topological polar surface area (TPSA) is 106 Å². The predicted octanol–water partition coefficient (Wildman–Crippen LogP) is 4.24. The number of tetrazole rings is 1. The van der Waals surface area contributed by atoms with Gasteiger partial charge in [-0.05, 0) is 60.2 Å². The van der Waals surface area contributed by atoms with Crippen molar-refractivity contribution in [2.24, 2.45) is 5.92 Å². The van der Waals surface area contributed by atoms with Crippen LogP contribution in [0.4, 0.5) is 5.69 Å². The molecule has 0 saturated heterocycles. The SMILES string of the molecule is Cc1ccc(-c2nnn(CC(=O)N(c3ccccc3)[C@@H](C(=O)NCCC(C)C)c3cccs3)n2)o1. The summed E-state index contributed by atoms with van der Waals surface area (Å²) in [6, 6.07) is 15.6. The molecule has 3 heterocycles. The van der Waals surface area contributed by atoms with Crippen molar-refractivity contribution in [3.63, 3.8) is 0 Å². The quantitative estimate of drug-likeness (QED) is 0.355. The van der Waals surface area contributed by atoms with Crippen molar-refractivity contribution in [2.75, 3.05) is 11.4 Å². The summed E-state index contributed by atoms with van der Waals surface area (Å²) in [4.78, 5) is 30.6. The number of carbonyl (C=O) groups excluding carboxylic acids is 2. The number of amides is 2. The average Bonchev–Trinajstić information content (AvgIpc) is 3.60. The second-order valence-electron chi connectivity index (χ2n) is 8.54. The number of furan rings is 1. The van der Waals surface area contributed by atoms with E-state index in [2.05, 4.69) is 34.6 Å². The maximum atomic E-state index is 13.7. The number of hydrogen-bond donors (Lipinski definition) is 1. The van der Waals surface area contributed by atoms with Gasteiger partial charge < -0.3 is 9.73 Å². The number of carbonyl (C=O) groups is 2. The first kappa shape index (κ1) is 24.3. The van der Waals surface area contributed by atoms with E-state index in [0.717, 1.165) is 17.1 Å². The van der Waals surface area contributed by atoms with Crippen LogP contribution in [0.2, 0.25) is 0 Å². The molecule has 0 spiro atoms. The molecule has 4 aromatic rings. The fraction of sp³-hybridized carbons (Fsp3) is 0.320. The van der Waals surface area contributed by atoms with E-state index in [0.29, 0.717) is 29.7 Å². The van der Waals surface area contributed by atoms with Crippen LogP contribution in [-0.2, 0) is 16.1 Å². The minimum absolute atomic E-state index is 0.192. The van der Waals surface area contributed by atoms with Gasteiger partial charge in [0.2, 0.25) is 11.7 Å². The van der Waals surface area contributed by atoms with Crippen molar-refractivity contribution in [3.05, 3.63) is 70.6 Å². The van der Waals surface area contributed by atoms with Gasteiger partial charge in [0.05, 0.1) is 0 Å². The third-order valence-electron chi connectivity index (χ3n) is 5.33. The summed E-state index contributed by atoms with van der Waals surface area (Å²) in [7, 11) is 0. The van der Waals surface area contributed by atoms with Gasteiger partial charge in [0.25, 0.3) is 5.91 Å². The molecule has 35 heavy (non-hydrogen) atoms. The summed E-state index contributed by atoms with van der Waals surface area (Å²) >= 11 is 1.43. The summed E-state index contributed by atoms with van der Waals surface area (Å²) < 4.78 is 5.55. The van der Waals surface area contributed by atoms with E-state index in [9.17, 15) is 9.59 Å². The number of nitrogens with one attached hydrogen (secondary N) is 1. The molecule has 0 saturated carbocycles. The average molecular weight is 493 g/mol. The summed E-state index contributed by atoms with van der Waals surface area (Å²) in [6.45, 7) is 6.37. The largest absolute Gasteiger partial charge is 0.458 e. The number of aryl methyl sites for hydroxylation is 1. The minimum atomic E-state index is -0.826. The lowest BCUT2D eigenvalue weighted by Gasteiger charge is -2.30. The first-order valence-electron chi connectivity index (χ1n) is 11.4. The van der Waals surface area contributed by atoms with E-state index < -0.39 is 6.04 Å². The predicted molar refractivity (Wildman–Crippen MR) is 134 cm³/mol. The number of hydrogen-bond acceptors (Lipinski definition) is 7. The molecule has 1 aromatic carbocycles. The zero-order valence-corrected chi connectivity index (χ0v) is 20.7. The van der Waals surface area contributed by atoms with Gasteiger partial charge in [-0.3, -0.25) is 14.5 Å². The lowest BCUT2D eigenvalue weighted by Crippen LogP contribution is -2.45. The number of benzene rings is 1. The van der Waals surface area contributed by atoms with Crippen LogP contribution in [0, 0.1) is 12.8 Å². The highest BCUT2D eigenvalue weighted by molar-refractivity contribution is 7.10. The number of para-hydroxylation sites is 1. The molecule has 0 unspecified atom stereocenters. The maximum Gasteiger partial charge on any atom is 0.251 e. The molecule has 0 aliphatic rings. The monoisotopic (exact) mass is 492 g/mol. The minimum Gasteiger partial charge on any atom is -0.458 e. The Labute approximate surface area is 207 Å². The molecule has 9 nitrogen and oxygen atoms in total. The lowest BCUT2D eigenvalue weighted by atomic mass is 10.1. The molecular weight excluding hydrogens is 464 g/mol. The molecule has 0 fully saturated rings. The summed E-state index contributed by atoms with van der Waals surface area (Å²) in [5.74, 6) is 1.37. The Morgan fingerprint density at radius 2 is 1.91 bits per heavy atom. The zero-order chi connectivity index (χ0) is 24.8.